The van der Waals surface area contributed by atoms with E-state index >= 15 is 0 Å². The largest absolute Gasteiger partial charge is 0.460 e. The van der Waals surface area contributed by atoms with Crippen LogP contribution in [-0.2, 0) is 4.74 Å². The summed E-state index contributed by atoms with van der Waals surface area (Å²) in [4.78, 5) is 0. The maximum Gasteiger partial charge on any atom is 0.252 e. The molecule has 0 spiro atoms. The molecule has 0 N–H and O–H groups in total. The van der Waals surface area contributed by atoms with Gasteiger partial charge in [0.05, 0.1) is 0 Å². The molecule has 2 unspecified atom stereocenters. The zero-order valence-corrected chi connectivity index (χ0v) is 13.1. The van der Waals surface area contributed by atoms with Gasteiger partial charge in [0.25, 0.3) is 3.79 Å². The second kappa shape index (κ2) is 5.25. The number of hydrogen-bond acceptors (Lipinski definition) is 2. The van der Waals surface area contributed by atoms with E-state index in [1.807, 2.05) is 0 Å². The lowest BCUT2D eigenvalue weighted by atomic mass is 10.1. The minimum absolute atomic E-state index is 0.455. The van der Waals surface area contributed by atoms with Crippen LogP contribution in [0, 0.1) is 0 Å². The lowest BCUT2D eigenvalue weighted by Crippen LogP contribution is -2.41. The third kappa shape index (κ3) is 3.24. The number of benzene rings is 1. The third-order valence-electron chi connectivity index (χ3n) is 2.26. The van der Waals surface area contributed by atoms with Gasteiger partial charge in [-0.15, -0.1) is 0 Å². The molecule has 0 aliphatic carbocycles. The Bertz CT molecular complexity index is 439. The molecule has 0 saturated heterocycles. The molecule has 0 amide bonds. The fraction of sp³-hybridized carbons (Fsp3) is 0.400. The molecular formula is C10H6Cl6O2. The standard InChI is InChI=1S/C10H6Cl6O2/c11-9(12,13)7-5-3-1-2-4-6(5)17-8(18-7)10(14,15)16/h1-4,7-8H. The van der Waals surface area contributed by atoms with Crippen molar-refractivity contribution in [3.05, 3.63) is 29.8 Å². The Labute approximate surface area is 134 Å². The van der Waals surface area contributed by atoms with Gasteiger partial charge in [0, 0.05) is 5.56 Å². The van der Waals surface area contributed by atoms with E-state index in [4.69, 9.17) is 79.1 Å². The van der Waals surface area contributed by atoms with Crippen molar-refractivity contribution in [3.63, 3.8) is 0 Å². The summed E-state index contributed by atoms with van der Waals surface area (Å²) in [6.07, 6.45) is -2.04. The summed E-state index contributed by atoms with van der Waals surface area (Å²) in [5.41, 5.74) is 0.586. The zero-order valence-electron chi connectivity index (χ0n) is 8.55. The van der Waals surface area contributed by atoms with Gasteiger partial charge in [-0.25, -0.2) is 0 Å². The third-order valence-corrected chi connectivity index (χ3v) is 3.39. The smallest absolute Gasteiger partial charge is 0.252 e. The number of hydrogen-bond donors (Lipinski definition) is 0. The average molecular weight is 371 g/mol. The summed E-state index contributed by atoms with van der Waals surface area (Å²) in [6, 6.07) is 6.93. The first-order valence-electron chi connectivity index (χ1n) is 4.74. The number of fused-ring (bicyclic) bond motifs is 1. The highest BCUT2D eigenvalue weighted by atomic mass is 35.6. The van der Waals surface area contributed by atoms with E-state index in [0.29, 0.717) is 11.3 Å². The molecule has 0 saturated carbocycles. The van der Waals surface area contributed by atoms with Crippen molar-refractivity contribution in [3.8, 4) is 5.75 Å². The zero-order chi connectivity index (χ0) is 13.6. The molecule has 1 aromatic carbocycles. The Hall–Kier alpha value is 0.720. The molecule has 2 atom stereocenters. The molecule has 2 rings (SSSR count). The molecule has 18 heavy (non-hydrogen) atoms. The number of halogens is 6. The van der Waals surface area contributed by atoms with Gasteiger partial charge in [0.15, 0.2) is 0 Å². The first-order chi connectivity index (χ1) is 8.19. The summed E-state index contributed by atoms with van der Waals surface area (Å²) in [5.74, 6) is 0.455. The number of rotatable bonds is 0. The van der Waals surface area contributed by atoms with Crippen molar-refractivity contribution in [1.29, 1.82) is 0 Å². The fourth-order valence-corrected chi connectivity index (χ4v) is 2.34. The van der Waals surface area contributed by atoms with Crippen molar-refractivity contribution in [2.75, 3.05) is 0 Å². The van der Waals surface area contributed by atoms with Crippen LogP contribution in [0.15, 0.2) is 24.3 Å². The summed E-state index contributed by atoms with van der Waals surface area (Å²) in [6.45, 7) is 0. The van der Waals surface area contributed by atoms with Crippen LogP contribution < -0.4 is 4.74 Å². The molecule has 1 aliphatic rings. The van der Waals surface area contributed by atoms with Crippen molar-refractivity contribution in [2.24, 2.45) is 0 Å². The SMILES string of the molecule is ClC(Cl)(Cl)C1Oc2ccccc2C(C(Cl)(Cl)Cl)O1. The molecule has 8 heteroatoms. The first kappa shape index (κ1) is 15.1. The molecule has 1 aromatic rings. The highest BCUT2D eigenvalue weighted by Crippen LogP contribution is 2.50. The minimum atomic E-state index is -1.79. The van der Waals surface area contributed by atoms with Crippen molar-refractivity contribution in [1.82, 2.24) is 0 Å². The van der Waals surface area contributed by atoms with Crippen LogP contribution in [-0.4, -0.2) is 13.9 Å². The predicted octanol–water partition coefficient (Wildman–Crippen LogP) is 5.20. The van der Waals surface area contributed by atoms with E-state index in [0.717, 1.165) is 0 Å². The lowest BCUT2D eigenvalue weighted by molar-refractivity contribution is -0.136. The van der Waals surface area contributed by atoms with Gasteiger partial charge in [-0.05, 0) is 6.07 Å². The van der Waals surface area contributed by atoms with Gasteiger partial charge < -0.3 is 9.47 Å². The van der Waals surface area contributed by atoms with Gasteiger partial charge in [-0.2, -0.15) is 0 Å². The van der Waals surface area contributed by atoms with E-state index in [-0.39, 0.29) is 0 Å². The Balaban J connectivity index is 2.42. The van der Waals surface area contributed by atoms with Gasteiger partial charge >= 0.3 is 0 Å². The summed E-state index contributed by atoms with van der Waals surface area (Å²) >= 11 is 34.9. The maximum absolute atomic E-state index is 5.88. The van der Waals surface area contributed by atoms with Crippen molar-refractivity contribution < 1.29 is 9.47 Å². The maximum atomic E-state index is 5.88. The van der Waals surface area contributed by atoms with Gasteiger partial charge in [-0.3, -0.25) is 0 Å². The van der Waals surface area contributed by atoms with Crippen LogP contribution in [0.4, 0.5) is 0 Å². The Morgan fingerprint density at radius 1 is 0.889 bits per heavy atom. The van der Waals surface area contributed by atoms with Gasteiger partial charge in [0.2, 0.25) is 10.1 Å². The lowest BCUT2D eigenvalue weighted by Gasteiger charge is -2.37. The summed E-state index contributed by atoms with van der Waals surface area (Å²) in [7, 11) is 0. The average Bonchev–Trinajstić information content (AvgIpc) is 2.25. The Morgan fingerprint density at radius 3 is 2.06 bits per heavy atom. The molecule has 100 valence electrons. The molecule has 2 nitrogen and oxygen atoms in total. The minimum Gasteiger partial charge on any atom is -0.460 e. The van der Waals surface area contributed by atoms with Crippen LogP contribution >= 0.6 is 69.6 Å². The van der Waals surface area contributed by atoms with Crippen molar-refractivity contribution >= 4 is 69.6 Å². The van der Waals surface area contributed by atoms with Crippen LogP contribution in [0.1, 0.15) is 11.7 Å². The van der Waals surface area contributed by atoms with E-state index in [9.17, 15) is 0 Å². The highest BCUT2D eigenvalue weighted by Gasteiger charge is 2.47. The topological polar surface area (TPSA) is 18.5 Å². The quantitative estimate of drug-likeness (QED) is 0.584. The second-order valence-electron chi connectivity index (χ2n) is 3.59. The molecular weight excluding hydrogens is 365 g/mol. The monoisotopic (exact) mass is 368 g/mol. The first-order valence-corrected chi connectivity index (χ1v) is 7.01. The van der Waals surface area contributed by atoms with E-state index in [1.54, 1.807) is 24.3 Å². The molecule has 1 aliphatic heterocycles. The molecule has 0 fully saturated rings. The van der Waals surface area contributed by atoms with Crippen LogP contribution in [0.5, 0.6) is 5.75 Å². The van der Waals surface area contributed by atoms with Crippen LogP contribution in [0.3, 0.4) is 0 Å². The second-order valence-corrected chi connectivity index (χ2v) is 8.32. The van der Waals surface area contributed by atoms with Crippen LogP contribution in [0.2, 0.25) is 0 Å². The molecule has 0 aromatic heterocycles. The number of ether oxygens (including phenoxy) is 2. The molecule has 0 bridgehead atoms. The Kier molecular flexibility index (Phi) is 4.41. The van der Waals surface area contributed by atoms with E-state index < -0.39 is 20.0 Å². The highest BCUT2D eigenvalue weighted by molar-refractivity contribution is 6.68. The molecule has 1 heterocycles. The number of para-hydroxylation sites is 1. The summed E-state index contributed by atoms with van der Waals surface area (Å²) < 4.78 is 7.37. The predicted molar refractivity (Wildman–Crippen MR) is 75.3 cm³/mol. The Morgan fingerprint density at radius 2 is 1.50 bits per heavy atom. The van der Waals surface area contributed by atoms with Crippen LogP contribution in [0.25, 0.3) is 0 Å². The van der Waals surface area contributed by atoms with E-state index in [1.165, 1.54) is 0 Å². The fourth-order valence-electron chi connectivity index (χ4n) is 1.54. The number of alkyl halides is 6. The van der Waals surface area contributed by atoms with E-state index in [2.05, 4.69) is 0 Å². The summed E-state index contributed by atoms with van der Waals surface area (Å²) in [5, 5.41) is 0. The van der Waals surface area contributed by atoms with Crippen molar-refractivity contribution in [2.45, 2.75) is 20.0 Å². The normalized spacial score (nSPS) is 24.3. The molecule has 0 radical (unpaired) electrons. The van der Waals surface area contributed by atoms with Gasteiger partial charge in [-0.1, -0.05) is 87.8 Å². The van der Waals surface area contributed by atoms with Gasteiger partial charge in [0.1, 0.15) is 11.9 Å².